The smallest absolute Gasteiger partial charge is 0.266 e. The summed E-state index contributed by atoms with van der Waals surface area (Å²) >= 11 is 6.70. The molecule has 2 aliphatic heterocycles. The van der Waals surface area contributed by atoms with Crippen molar-refractivity contribution >= 4 is 46.2 Å². The second-order valence-electron chi connectivity index (χ2n) is 7.18. The molecule has 148 valence electrons. The highest BCUT2D eigenvalue weighted by molar-refractivity contribution is 8.26. The third-order valence-electron chi connectivity index (χ3n) is 4.93. The molecule has 2 aliphatic rings. The van der Waals surface area contributed by atoms with Crippen molar-refractivity contribution in [2.45, 2.75) is 39.0 Å². The van der Waals surface area contributed by atoms with E-state index in [1.165, 1.54) is 24.6 Å². The molecule has 1 aromatic carbocycles. The average molecular weight is 415 g/mol. The molecular formula is C22H26N2O2S2. The van der Waals surface area contributed by atoms with Crippen LogP contribution < -0.4 is 0 Å². The van der Waals surface area contributed by atoms with Gasteiger partial charge in [0.1, 0.15) is 4.32 Å². The molecule has 0 unspecified atom stereocenters. The van der Waals surface area contributed by atoms with Crippen LogP contribution in [0.2, 0.25) is 0 Å². The Kier molecular flexibility index (Phi) is 7.45. The summed E-state index contributed by atoms with van der Waals surface area (Å²) in [5, 5.41) is 0. The zero-order chi connectivity index (χ0) is 19.9. The van der Waals surface area contributed by atoms with Crippen LogP contribution >= 0.6 is 24.0 Å². The molecule has 2 fully saturated rings. The van der Waals surface area contributed by atoms with Crippen molar-refractivity contribution in [2.75, 3.05) is 19.6 Å². The molecule has 0 aliphatic carbocycles. The third kappa shape index (κ3) is 5.55. The summed E-state index contributed by atoms with van der Waals surface area (Å²) in [4.78, 5) is 29.4. The number of carbonyl (C=O) groups is 2. The molecule has 6 heteroatoms. The number of hydrogen-bond acceptors (Lipinski definition) is 4. The van der Waals surface area contributed by atoms with Crippen LogP contribution in [0.4, 0.5) is 0 Å². The summed E-state index contributed by atoms with van der Waals surface area (Å²) in [6.45, 7) is 4.00. The number of benzene rings is 1. The number of nitrogens with zero attached hydrogens (tertiary/aromatic N) is 2. The van der Waals surface area contributed by atoms with E-state index in [4.69, 9.17) is 12.2 Å². The standard InChI is InChI=1S/C22H26N2O2S2/c1-17(15-18-9-5-4-6-10-18)16-19-21(26)24(22(27)28-19)14-11-20(25)23-12-7-2-3-8-13-23/h4-6,9-10,15-16H,2-3,7-8,11-14H2,1H3. The Morgan fingerprint density at radius 1 is 1.14 bits per heavy atom. The number of thiocarbonyl (C=S) groups is 1. The van der Waals surface area contributed by atoms with Crippen molar-refractivity contribution in [1.82, 2.24) is 9.80 Å². The van der Waals surface area contributed by atoms with E-state index in [1.54, 1.807) is 4.90 Å². The second-order valence-corrected chi connectivity index (χ2v) is 8.85. The van der Waals surface area contributed by atoms with Gasteiger partial charge in [0.05, 0.1) is 4.91 Å². The maximum absolute atomic E-state index is 12.7. The minimum atomic E-state index is -0.0977. The fraction of sp³-hybridized carbons (Fsp3) is 0.409. The van der Waals surface area contributed by atoms with Crippen molar-refractivity contribution in [3.05, 3.63) is 52.4 Å². The lowest BCUT2D eigenvalue weighted by Crippen LogP contribution is -2.36. The van der Waals surface area contributed by atoms with Crippen molar-refractivity contribution in [1.29, 1.82) is 0 Å². The van der Waals surface area contributed by atoms with Gasteiger partial charge in [0.15, 0.2) is 0 Å². The summed E-state index contributed by atoms with van der Waals surface area (Å²) in [5.74, 6) is 0.0274. The first-order valence-corrected chi connectivity index (χ1v) is 11.0. The predicted molar refractivity (Wildman–Crippen MR) is 120 cm³/mol. The normalized spacial score (nSPS) is 20.0. The van der Waals surface area contributed by atoms with Crippen LogP contribution in [0.25, 0.3) is 6.08 Å². The van der Waals surface area contributed by atoms with E-state index in [-0.39, 0.29) is 11.8 Å². The number of likely N-dealkylation sites (tertiary alicyclic amines) is 1. The first-order valence-electron chi connectivity index (χ1n) is 9.81. The fourth-order valence-electron chi connectivity index (χ4n) is 3.44. The fourth-order valence-corrected chi connectivity index (χ4v) is 4.80. The molecule has 2 heterocycles. The van der Waals surface area contributed by atoms with Crippen molar-refractivity contribution in [2.24, 2.45) is 0 Å². The number of thioether (sulfide) groups is 1. The minimum absolute atomic E-state index is 0.0977. The highest BCUT2D eigenvalue weighted by Crippen LogP contribution is 2.32. The predicted octanol–water partition coefficient (Wildman–Crippen LogP) is 4.63. The van der Waals surface area contributed by atoms with Gasteiger partial charge in [0.25, 0.3) is 5.91 Å². The van der Waals surface area contributed by atoms with E-state index < -0.39 is 0 Å². The lowest BCUT2D eigenvalue weighted by molar-refractivity contribution is -0.131. The Morgan fingerprint density at radius 2 is 1.82 bits per heavy atom. The third-order valence-corrected chi connectivity index (χ3v) is 6.31. The topological polar surface area (TPSA) is 40.6 Å². The van der Waals surface area contributed by atoms with Gasteiger partial charge in [-0.15, -0.1) is 0 Å². The van der Waals surface area contributed by atoms with E-state index in [0.29, 0.717) is 22.2 Å². The Hall–Kier alpha value is -1.92. The molecule has 0 spiro atoms. The lowest BCUT2D eigenvalue weighted by atomic mass is 10.1. The van der Waals surface area contributed by atoms with Crippen LogP contribution in [0.15, 0.2) is 46.9 Å². The highest BCUT2D eigenvalue weighted by Gasteiger charge is 2.32. The van der Waals surface area contributed by atoms with Gasteiger partial charge in [0, 0.05) is 26.1 Å². The molecule has 0 aromatic heterocycles. The number of allylic oxidation sites excluding steroid dienone is 2. The Morgan fingerprint density at radius 3 is 2.50 bits per heavy atom. The van der Waals surface area contributed by atoms with Crippen LogP contribution in [0.5, 0.6) is 0 Å². The largest absolute Gasteiger partial charge is 0.343 e. The molecule has 3 rings (SSSR count). The second kappa shape index (κ2) is 10.0. The summed E-state index contributed by atoms with van der Waals surface area (Å²) in [6, 6.07) is 10.00. The Labute approximate surface area is 176 Å². The summed E-state index contributed by atoms with van der Waals surface area (Å²) in [7, 11) is 0. The Balaban J connectivity index is 1.60. The van der Waals surface area contributed by atoms with Gasteiger partial charge >= 0.3 is 0 Å². The van der Waals surface area contributed by atoms with Crippen molar-refractivity contribution in [3.8, 4) is 0 Å². The number of amides is 2. The van der Waals surface area contributed by atoms with E-state index in [1.807, 2.05) is 54.3 Å². The van der Waals surface area contributed by atoms with E-state index in [0.717, 1.165) is 37.1 Å². The molecule has 4 nitrogen and oxygen atoms in total. The van der Waals surface area contributed by atoms with Gasteiger partial charge in [-0.25, -0.2) is 0 Å². The van der Waals surface area contributed by atoms with Crippen LogP contribution in [0.3, 0.4) is 0 Å². The average Bonchev–Trinajstić information content (AvgIpc) is 2.87. The molecule has 0 radical (unpaired) electrons. The summed E-state index contributed by atoms with van der Waals surface area (Å²) in [5.41, 5.74) is 2.09. The molecule has 2 amide bonds. The van der Waals surface area contributed by atoms with Crippen LogP contribution in [0, 0.1) is 0 Å². The first kappa shape index (κ1) is 20.8. The zero-order valence-electron chi connectivity index (χ0n) is 16.2. The van der Waals surface area contributed by atoms with E-state index >= 15 is 0 Å². The van der Waals surface area contributed by atoms with E-state index in [9.17, 15) is 9.59 Å². The molecule has 28 heavy (non-hydrogen) atoms. The number of rotatable bonds is 5. The van der Waals surface area contributed by atoms with Gasteiger partial charge in [-0.1, -0.05) is 73.2 Å². The molecule has 0 N–H and O–H groups in total. The van der Waals surface area contributed by atoms with Gasteiger partial charge in [0.2, 0.25) is 5.91 Å². The molecule has 0 saturated carbocycles. The maximum Gasteiger partial charge on any atom is 0.266 e. The minimum Gasteiger partial charge on any atom is -0.343 e. The van der Waals surface area contributed by atoms with Gasteiger partial charge in [-0.05, 0) is 37.0 Å². The monoisotopic (exact) mass is 414 g/mol. The van der Waals surface area contributed by atoms with Crippen LogP contribution in [-0.2, 0) is 9.59 Å². The SMILES string of the molecule is CC(=Cc1ccccc1)C=C1SC(=S)N(CCC(=O)N2CCCCCC2)C1=O. The first-order chi connectivity index (χ1) is 13.5. The molecule has 0 bridgehead atoms. The number of carbonyl (C=O) groups excluding carboxylic acids is 2. The van der Waals surface area contributed by atoms with Crippen LogP contribution in [0.1, 0.15) is 44.6 Å². The molecule has 0 atom stereocenters. The lowest BCUT2D eigenvalue weighted by Gasteiger charge is -2.22. The number of hydrogen-bond donors (Lipinski definition) is 0. The molecular weight excluding hydrogens is 388 g/mol. The van der Waals surface area contributed by atoms with Gasteiger partial charge in [-0.2, -0.15) is 0 Å². The Bertz CT molecular complexity index is 794. The molecule has 1 aromatic rings. The van der Waals surface area contributed by atoms with Gasteiger partial charge in [-0.3, -0.25) is 14.5 Å². The van der Waals surface area contributed by atoms with Crippen molar-refractivity contribution in [3.63, 3.8) is 0 Å². The van der Waals surface area contributed by atoms with Crippen LogP contribution in [-0.4, -0.2) is 45.6 Å². The maximum atomic E-state index is 12.7. The quantitative estimate of drug-likeness (QED) is 0.520. The highest BCUT2D eigenvalue weighted by atomic mass is 32.2. The summed E-state index contributed by atoms with van der Waals surface area (Å²) in [6.07, 6.45) is 8.78. The van der Waals surface area contributed by atoms with Crippen molar-refractivity contribution < 1.29 is 9.59 Å². The molecule has 2 saturated heterocycles. The summed E-state index contributed by atoms with van der Waals surface area (Å²) < 4.78 is 0.535. The van der Waals surface area contributed by atoms with Gasteiger partial charge < -0.3 is 4.90 Å². The van der Waals surface area contributed by atoms with E-state index in [2.05, 4.69) is 0 Å². The zero-order valence-corrected chi connectivity index (χ0v) is 17.9.